The fraction of sp³-hybridized carbons (Fsp3) is 0. The molecule has 0 aromatic carbocycles. The number of H-pyrrole nitrogens is 1. The molecule has 3 nitrogen and oxygen atoms in total. The Morgan fingerprint density at radius 2 is 2.30 bits per heavy atom. The normalized spacial score (nSPS) is 8.80. The van der Waals surface area contributed by atoms with Crippen LogP contribution in [0.15, 0.2) is 21.7 Å². The largest absolute Gasteiger partial charge is 0.365 e. The Morgan fingerprint density at radius 3 is 2.80 bits per heavy atom. The molecule has 0 atom stereocenters. The highest BCUT2D eigenvalue weighted by Crippen LogP contribution is 1.99. The SMILES string of the molecule is N#Cc1c[nH]cc(Br)c1=O. The first-order valence-electron chi connectivity index (χ1n) is 2.52. The zero-order valence-electron chi connectivity index (χ0n) is 4.89. The fourth-order valence-corrected chi connectivity index (χ4v) is 0.887. The molecule has 0 fully saturated rings. The van der Waals surface area contributed by atoms with Gasteiger partial charge in [-0.05, 0) is 15.9 Å². The van der Waals surface area contributed by atoms with E-state index in [0.29, 0.717) is 4.47 Å². The predicted octanol–water partition coefficient (Wildman–Crippen LogP) is 1.01. The lowest BCUT2D eigenvalue weighted by Gasteiger charge is -1.87. The lowest BCUT2D eigenvalue weighted by atomic mass is 10.3. The first kappa shape index (κ1) is 7.03. The van der Waals surface area contributed by atoms with Crippen LogP contribution in [0.25, 0.3) is 0 Å². The van der Waals surface area contributed by atoms with E-state index in [0.717, 1.165) is 0 Å². The zero-order chi connectivity index (χ0) is 7.56. The van der Waals surface area contributed by atoms with Gasteiger partial charge in [0.2, 0.25) is 5.43 Å². The Morgan fingerprint density at radius 1 is 1.60 bits per heavy atom. The van der Waals surface area contributed by atoms with Crippen LogP contribution in [0.5, 0.6) is 0 Å². The minimum absolute atomic E-state index is 0.120. The summed E-state index contributed by atoms with van der Waals surface area (Å²) in [5.41, 5.74) is -0.157. The summed E-state index contributed by atoms with van der Waals surface area (Å²) < 4.78 is 0.381. The van der Waals surface area contributed by atoms with Crippen molar-refractivity contribution < 1.29 is 0 Å². The number of hydrogen-bond donors (Lipinski definition) is 1. The lowest BCUT2D eigenvalue weighted by molar-refractivity contribution is 1.25. The summed E-state index contributed by atoms with van der Waals surface area (Å²) in [4.78, 5) is 13.6. The van der Waals surface area contributed by atoms with Gasteiger partial charge in [0, 0.05) is 12.4 Å². The third kappa shape index (κ3) is 1.09. The van der Waals surface area contributed by atoms with Crippen LogP contribution in [0.1, 0.15) is 5.56 Å². The quantitative estimate of drug-likeness (QED) is 0.677. The molecule has 10 heavy (non-hydrogen) atoms. The summed E-state index contributed by atoms with van der Waals surface area (Å²) in [6, 6.07) is 1.76. The summed E-state index contributed by atoms with van der Waals surface area (Å²) in [6.07, 6.45) is 2.86. The molecule has 0 spiro atoms. The third-order valence-electron chi connectivity index (χ3n) is 1.02. The molecule has 0 aliphatic rings. The van der Waals surface area contributed by atoms with Crippen molar-refractivity contribution in [2.45, 2.75) is 0 Å². The molecule has 0 bridgehead atoms. The second kappa shape index (κ2) is 2.67. The summed E-state index contributed by atoms with van der Waals surface area (Å²) in [6.45, 7) is 0. The molecule has 1 N–H and O–H groups in total. The van der Waals surface area contributed by atoms with Gasteiger partial charge in [-0.1, -0.05) is 0 Å². The number of nitrogens with one attached hydrogen (secondary N) is 1. The van der Waals surface area contributed by atoms with Crippen LogP contribution in [0.2, 0.25) is 0 Å². The van der Waals surface area contributed by atoms with Crippen LogP contribution in [0.3, 0.4) is 0 Å². The Hall–Kier alpha value is -1.08. The van der Waals surface area contributed by atoms with E-state index in [9.17, 15) is 4.79 Å². The number of aromatic amines is 1. The van der Waals surface area contributed by atoms with Crippen molar-refractivity contribution in [3.05, 3.63) is 32.7 Å². The van der Waals surface area contributed by atoms with Crippen molar-refractivity contribution in [1.82, 2.24) is 4.98 Å². The molecule has 1 rings (SSSR count). The fourth-order valence-electron chi connectivity index (χ4n) is 0.541. The smallest absolute Gasteiger partial charge is 0.213 e. The van der Waals surface area contributed by atoms with Crippen molar-refractivity contribution in [2.75, 3.05) is 0 Å². The van der Waals surface area contributed by atoms with Gasteiger partial charge in [-0.2, -0.15) is 5.26 Å². The van der Waals surface area contributed by atoms with Gasteiger partial charge in [0.1, 0.15) is 11.6 Å². The van der Waals surface area contributed by atoms with Crippen molar-refractivity contribution in [2.24, 2.45) is 0 Å². The van der Waals surface area contributed by atoms with Crippen LogP contribution in [0, 0.1) is 11.3 Å². The van der Waals surface area contributed by atoms with Crippen LogP contribution < -0.4 is 5.43 Å². The average molecular weight is 199 g/mol. The van der Waals surface area contributed by atoms with Crippen molar-refractivity contribution in [3.8, 4) is 6.07 Å². The number of nitrogens with zero attached hydrogens (tertiary/aromatic N) is 1. The summed E-state index contributed by atoms with van der Waals surface area (Å²) in [5, 5.41) is 8.35. The first-order valence-corrected chi connectivity index (χ1v) is 3.31. The van der Waals surface area contributed by atoms with Gasteiger partial charge in [-0.15, -0.1) is 0 Å². The van der Waals surface area contributed by atoms with Crippen LogP contribution in [-0.2, 0) is 0 Å². The van der Waals surface area contributed by atoms with Gasteiger partial charge in [0.25, 0.3) is 0 Å². The van der Waals surface area contributed by atoms with E-state index < -0.39 is 0 Å². The van der Waals surface area contributed by atoms with E-state index in [1.54, 1.807) is 6.07 Å². The Labute approximate surface area is 65.4 Å². The van der Waals surface area contributed by atoms with Gasteiger partial charge in [-0.3, -0.25) is 4.79 Å². The molecule has 1 aromatic heterocycles. The first-order chi connectivity index (χ1) is 4.75. The van der Waals surface area contributed by atoms with Crippen LogP contribution in [0.4, 0.5) is 0 Å². The number of hydrogen-bond acceptors (Lipinski definition) is 2. The van der Waals surface area contributed by atoms with Crippen molar-refractivity contribution in [1.29, 1.82) is 5.26 Å². The molecule has 50 valence electrons. The third-order valence-corrected chi connectivity index (χ3v) is 1.61. The summed E-state index contributed by atoms with van der Waals surface area (Å²) >= 11 is 2.99. The highest BCUT2D eigenvalue weighted by molar-refractivity contribution is 9.10. The minimum atomic E-state index is -0.277. The molecule has 0 saturated carbocycles. The number of aromatic nitrogens is 1. The Kier molecular flexibility index (Phi) is 1.88. The second-order valence-electron chi connectivity index (χ2n) is 1.66. The number of pyridine rings is 1. The van der Waals surface area contributed by atoms with E-state index in [2.05, 4.69) is 20.9 Å². The highest BCUT2D eigenvalue weighted by Gasteiger charge is 1.99. The average Bonchev–Trinajstić information content (AvgIpc) is 1.95. The molecule has 0 radical (unpaired) electrons. The van der Waals surface area contributed by atoms with Crippen molar-refractivity contribution in [3.63, 3.8) is 0 Å². The maximum Gasteiger partial charge on any atom is 0.213 e. The topological polar surface area (TPSA) is 56.6 Å². The van der Waals surface area contributed by atoms with Crippen LogP contribution in [-0.4, -0.2) is 4.98 Å². The second-order valence-corrected chi connectivity index (χ2v) is 2.51. The number of halogens is 1. The van der Waals surface area contributed by atoms with E-state index in [-0.39, 0.29) is 11.0 Å². The zero-order valence-corrected chi connectivity index (χ0v) is 6.47. The lowest BCUT2D eigenvalue weighted by Crippen LogP contribution is -2.05. The standard InChI is InChI=1S/C6H3BrN2O/c7-5-3-9-2-4(1-8)6(5)10/h2-3H,(H,9,10). The molecule has 0 amide bonds. The summed E-state index contributed by atoms with van der Waals surface area (Å²) in [7, 11) is 0. The van der Waals surface area contributed by atoms with Gasteiger partial charge >= 0.3 is 0 Å². The minimum Gasteiger partial charge on any atom is -0.365 e. The van der Waals surface area contributed by atoms with Gasteiger partial charge < -0.3 is 4.98 Å². The highest BCUT2D eigenvalue weighted by atomic mass is 79.9. The molecule has 1 aromatic rings. The van der Waals surface area contributed by atoms with Gasteiger partial charge in [0.05, 0.1) is 4.47 Å². The molecular weight excluding hydrogens is 196 g/mol. The van der Waals surface area contributed by atoms with E-state index in [4.69, 9.17) is 5.26 Å². The molecule has 0 unspecified atom stereocenters. The van der Waals surface area contributed by atoms with E-state index in [1.807, 2.05) is 0 Å². The molecule has 0 saturated heterocycles. The Balaban J connectivity index is 3.47. The van der Waals surface area contributed by atoms with Gasteiger partial charge in [0.15, 0.2) is 0 Å². The molecule has 0 aliphatic heterocycles. The number of rotatable bonds is 0. The monoisotopic (exact) mass is 198 g/mol. The van der Waals surface area contributed by atoms with Gasteiger partial charge in [-0.25, -0.2) is 0 Å². The van der Waals surface area contributed by atoms with E-state index in [1.165, 1.54) is 12.4 Å². The van der Waals surface area contributed by atoms with Crippen molar-refractivity contribution >= 4 is 15.9 Å². The molecular formula is C6H3BrN2O. The molecule has 0 aliphatic carbocycles. The Bertz CT molecular complexity index is 336. The summed E-state index contributed by atoms with van der Waals surface area (Å²) in [5.74, 6) is 0. The molecule has 1 heterocycles. The van der Waals surface area contributed by atoms with E-state index >= 15 is 0 Å². The number of nitriles is 1. The predicted molar refractivity (Wildman–Crippen MR) is 39.5 cm³/mol. The maximum absolute atomic E-state index is 10.9. The maximum atomic E-state index is 10.9. The van der Waals surface area contributed by atoms with Crippen LogP contribution >= 0.6 is 15.9 Å². The molecule has 4 heteroatoms.